The van der Waals surface area contributed by atoms with Gasteiger partial charge in [-0.05, 0) is 48.4 Å². The molecule has 0 saturated carbocycles. The third-order valence-corrected chi connectivity index (χ3v) is 5.21. The molecule has 2 aromatic heterocycles. The minimum atomic E-state index is -1.62. The molecule has 0 aliphatic heterocycles. The van der Waals surface area contributed by atoms with Gasteiger partial charge in [0.15, 0.2) is 11.9 Å². The molecule has 29 heavy (non-hydrogen) atoms. The highest BCUT2D eigenvalue weighted by Crippen LogP contribution is 2.40. The van der Waals surface area contributed by atoms with Crippen molar-refractivity contribution in [2.24, 2.45) is 12.5 Å². The van der Waals surface area contributed by atoms with E-state index in [1.807, 2.05) is 65.9 Å². The van der Waals surface area contributed by atoms with Crippen molar-refractivity contribution in [3.63, 3.8) is 0 Å². The van der Waals surface area contributed by atoms with Crippen molar-refractivity contribution in [3.05, 3.63) is 70.7 Å². The lowest BCUT2D eigenvalue weighted by Crippen LogP contribution is -2.31. The summed E-state index contributed by atoms with van der Waals surface area (Å²) in [5, 5.41) is 1.84. The number of nitrogens with zero attached hydrogens (tertiary/aromatic N) is 2. The smallest absolute Gasteiger partial charge is 0.216 e. The standard InChI is InChI=1S/C26H27N2O/c1-16-8-9-19-24-17(2)20(27-6)10-11-22(24)29-25(19)23(16)21-14-18(12-13-28(21)7)15-26(3,4)5/h8-14H,15H2,1-5,7H3/q+1/i13D,15D2. The number of hydrogen-bond donors (Lipinski definition) is 0. The number of rotatable bonds is 2. The van der Waals surface area contributed by atoms with Gasteiger partial charge in [0.25, 0.3) is 0 Å². The van der Waals surface area contributed by atoms with Gasteiger partial charge in [-0.15, -0.1) is 0 Å². The van der Waals surface area contributed by atoms with E-state index in [2.05, 4.69) is 4.85 Å². The summed E-state index contributed by atoms with van der Waals surface area (Å²) < 4.78 is 34.1. The number of fused-ring (bicyclic) bond motifs is 3. The van der Waals surface area contributed by atoms with Crippen LogP contribution in [0.25, 0.3) is 38.0 Å². The summed E-state index contributed by atoms with van der Waals surface area (Å²) in [4.78, 5) is 3.63. The summed E-state index contributed by atoms with van der Waals surface area (Å²) in [6.07, 6.45) is -1.40. The van der Waals surface area contributed by atoms with E-state index in [-0.39, 0.29) is 6.17 Å². The van der Waals surface area contributed by atoms with E-state index in [1.54, 1.807) is 16.7 Å². The molecule has 4 rings (SSSR count). The summed E-state index contributed by atoms with van der Waals surface area (Å²) in [7, 11) is 1.82. The van der Waals surface area contributed by atoms with Gasteiger partial charge in [0, 0.05) is 25.6 Å². The Balaban J connectivity index is 2.11. The fourth-order valence-electron chi connectivity index (χ4n) is 3.90. The second kappa shape index (κ2) is 6.74. The van der Waals surface area contributed by atoms with Gasteiger partial charge in [-0.2, -0.15) is 0 Å². The van der Waals surface area contributed by atoms with Crippen molar-refractivity contribution >= 4 is 27.6 Å². The molecule has 0 N–H and O–H groups in total. The van der Waals surface area contributed by atoms with E-state index in [0.717, 1.165) is 33.2 Å². The van der Waals surface area contributed by atoms with Crippen LogP contribution in [-0.2, 0) is 13.4 Å². The highest BCUT2D eigenvalue weighted by Gasteiger charge is 2.23. The molecule has 3 heteroatoms. The third-order valence-electron chi connectivity index (χ3n) is 5.21. The first kappa shape index (κ1) is 15.8. The summed E-state index contributed by atoms with van der Waals surface area (Å²) in [6.45, 7) is 17.0. The quantitative estimate of drug-likeness (QED) is 0.273. The molecule has 0 atom stereocenters. The summed E-state index contributed by atoms with van der Waals surface area (Å²) in [5.41, 5.74) is 5.27. The predicted molar refractivity (Wildman–Crippen MR) is 119 cm³/mol. The molecular weight excluding hydrogens is 356 g/mol. The largest absolute Gasteiger partial charge is 0.455 e. The molecule has 2 aromatic carbocycles. The van der Waals surface area contributed by atoms with Crippen LogP contribution in [0.3, 0.4) is 0 Å². The normalized spacial score (nSPS) is 13.9. The van der Waals surface area contributed by atoms with Crippen LogP contribution < -0.4 is 4.57 Å². The Labute approximate surface area is 176 Å². The van der Waals surface area contributed by atoms with Gasteiger partial charge in [-0.3, -0.25) is 0 Å². The van der Waals surface area contributed by atoms with Gasteiger partial charge in [0.2, 0.25) is 5.69 Å². The Morgan fingerprint density at radius 2 is 1.93 bits per heavy atom. The highest BCUT2D eigenvalue weighted by molar-refractivity contribution is 6.12. The monoisotopic (exact) mass is 386 g/mol. The SMILES string of the molecule is [2H]c1cc(C([2H])([2H])C(C)(C)C)cc(-c2c(C)ccc3c2oc2ccc([N+]#[C-])c(C)c23)[n+]1C. The van der Waals surface area contributed by atoms with Gasteiger partial charge in [0.1, 0.15) is 19.6 Å². The second-order valence-electron chi connectivity index (χ2n) is 8.62. The molecule has 4 aromatic rings. The molecule has 0 aliphatic rings. The first-order valence-corrected chi connectivity index (χ1v) is 9.73. The van der Waals surface area contributed by atoms with Crippen molar-refractivity contribution in [3.8, 4) is 11.3 Å². The molecule has 0 bridgehead atoms. The van der Waals surface area contributed by atoms with Crippen molar-refractivity contribution < 1.29 is 13.1 Å². The summed E-state index contributed by atoms with van der Waals surface area (Å²) >= 11 is 0. The molecule has 2 heterocycles. The van der Waals surface area contributed by atoms with Crippen molar-refractivity contribution in [1.82, 2.24) is 0 Å². The molecule has 0 radical (unpaired) electrons. The number of aromatic nitrogens is 1. The fraction of sp³-hybridized carbons (Fsp3) is 0.308. The number of aryl methyl sites for hydroxylation is 2. The minimum absolute atomic E-state index is 0.226. The molecule has 3 nitrogen and oxygen atoms in total. The van der Waals surface area contributed by atoms with E-state index in [0.29, 0.717) is 22.4 Å². The Bertz CT molecular complexity index is 1440. The summed E-state index contributed by atoms with van der Waals surface area (Å²) in [6, 6.07) is 11.1. The zero-order valence-corrected chi connectivity index (χ0v) is 17.8. The van der Waals surface area contributed by atoms with Crippen LogP contribution in [0.2, 0.25) is 0 Å². The average Bonchev–Trinajstić information content (AvgIpc) is 3.09. The fourth-order valence-corrected chi connectivity index (χ4v) is 3.90. The number of pyridine rings is 1. The van der Waals surface area contributed by atoms with Crippen molar-refractivity contribution in [1.29, 1.82) is 0 Å². The van der Waals surface area contributed by atoms with E-state index < -0.39 is 11.8 Å². The first-order valence-electron chi connectivity index (χ1n) is 11.2. The zero-order chi connectivity index (χ0) is 23.6. The number of furan rings is 1. The average molecular weight is 387 g/mol. The van der Waals surface area contributed by atoms with Gasteiger partial charge in [-0.25, -0.2) is 9.41 Å². The van der Waals surface area contributed by atoms with E-state index in [9.17, 15) is 0 Å². The molecule has 0 unspecified atom stereocenters. The van der Waals surface area contributed by atoms with Gasteiger partial charge in [-0.1, -0.05) is 39.0 Å². The molecule has 0 aliphatic carbocycles. The molecular formula is C26H27N2O+. The van der Waals surface area contributed by atoms with Crippen LogP contribution in [-0.4, -0.2) is 0 Å². The maximum absolute atomic E-state index is 8.74. The maximum Gasteiger partial charge on any atom is 0.216 e. The number of hydrogen-bond acceptors (Lipinski definition) is 1. The van der Waals surface area contributed by atoms with Crippen LogP contribution >= 0.6 is 0 Å². The lowest BCUT2D eigenvalue weighted by atomic mass is 9.87. The Morgan fingerprint density at radius 1 is 1.17 bits per heavy atom. The number of benzene rings is 2. The lowest BCUT2D eigenvalue weighted by molar-refractivity contribution is -0.660. The molecule has 0 saturated heterocycles. The lowest BCUT2D eigenvalue weighted by Gasteiger charge is -2.18. The summed E-state index contributed by atoms with van der Waals surface area (Å²) in [5.74, 6) is 0. The third kappa shape index (κ3) is 3.29. The second-order valence-corrected chi connectivity index (χ2v) is 8.62. The van der Waals surface area contributed by atoms with E-state index in [1.165, 1.54) is 0 Å². The first-order chi connectivity index (χ1) is 14.9. The van der Waals surface area contributed by atoms with E-state index in [4.69, 9.17) is 15.1 Å². The van der Waals surface area contributed by atoms with E-state index >= 15 is 0 Å². The Morgan fingerprint density at radius 3 is 2.62 bits per heavy atom. The Hall–Kier alpha value is -3.12. The topological polar surface area (TPSA) is 21.4 Å². The van der Waals surface area contributed by atoms with Crippen LogP contribution in [0, 0.1) is 25.8 Å². The maximum atomic E-state index is 8.74. The highest BCUT2D eigenvalue weighted by atomic mass is 16.3. The van der Waals surface area contributed by atoms with Gasteiger partial charge < -0.3 is 4.42 Å². The molecule has 0 spiro atoms. The zero-order valence-electron chi connectivity index (χ0n) is 20.8. The van der Waals surface area contributed by atoms with Crippen LogP contribution in [0.15, 0.2) is 47.0 Å². The van der Waals surface area contributed by atoms with Crippen molar-refractivity contribution in [2.45, 2.75) is 41.0 Å². The Kier molecular flexibility index (Phi) is 3.66. The molecule has 0 fully saturated rings. The molecule has 0 amide bonds. The van der Waals surface area contributed by atoms with Crippen LogP contribution in [0.4, 0.5) is 5.69 Å². The molecule has 146 valence electrons. The predicted octanol–water partition coefficient (Wildman–Crippen LogP) is 6.83. The van der Waals surface area contributed by atoms with Gasteiger partial charge >= 0.3 is 0 Å². The van der Waals surface area contributed by atoms with Crippen LogP contribution in [0.5, 0.6) is 0 Å². The van der Waals surface area contributed by atoms with Crippen molar-refractivity contribution in [2.75, 3.05) is 0 Å². The van der Waals surface area contributed by atoms with Crippen LogP contribution in [0.1, 0.15) is 41.6 Å². The minimum Gasteiger partial charge on any atom is -0.455 e. The van der Waals surface area contributed by atoms with Gasteiger partial charge in [0.05, 0.1) is 12.1 Å².